The normalized spacial score (nSPS) is 13.0. The van der Waals surface area contributed by atoms with Crippen LogP contribution in [0, 0.1) is 0 Å². The molecular weight excluding hydrogens is 244 g/mol. The van der Waals surface area contributed by atoms with Crippen LogP contribution in [-0.2, 0) is 6.42 Å². The molecular formula is C18H30N2. The third-order valence-electron chi connectivity index (χ3n) is 3.86. The Morgan fingerprint density at radius 1 is 1.25 bits per heavy atom. The SMILES string of the molecule is C=Cc1c(C(C)CC)c(CCCCC)nn1/C=C\CC. The molecule has 0 bridgehead atoms. The first-order valence-corrected chi connectivity index (χ1v) is 8.09. The van der Waals surface area contributed by atoms with Gasteiger partial charge in [-0.1, -0.05) is 53.2 Å². The molecule has 0 saturated carbocycles. The number of allylic oxidation sites excluding steroid dienone is 1. The van der Waals surface area contributed by atoms with Gasteiger partial charge < -0.3 is 0 Å². The predicted octanol–water partition coefficient (Wildman–Crippen LogP) is 5.65. The molecule has 1 unspecified atom stereocenters. The van der Waals surface area contributed by atoms with E-state index in [1.165, 1.54) is 36.2 Å². The van der Waals surface area contributed by atoms with Gasteiger partial charge in [0.05, 0.1) is 11.4 Å². The lowest BCUT2D eigenvalue weighted by molar-refractivity contribution is 0.678. The molecule has 112 valence electrons. The van der Waals surface area contributed by atoms with Gasteiger partial charge in [-0.15, -0.1) is 0 Å². The Kier molecular flexibility index (Phi) is 7.35. The van der Waals surface area contributed by atoms with E-state index in [0.717, 1.165) is 19.3 Å². The lowest BCUT2D eigenvalue weighted by atomic mass is 9.94. The highest BCUT2D eigenvalue weighted by Crippen LogP contribution is 2.28. The topological polar surface area (TPSA) is 17.8 Å². The minimum atomic E-state index is 0.545. The number of nitrogens with zero attached hydrogens (tertiary/aromatic N) is 2. The molecule has 1 aromatic heterocycles. The first kappa shape index (κ1) is 16.7. The smallest absolute Gasteiger partial charge is 0.0693 e. The fourth-order valence-corrected chi connectivity index (χ4v) is 2.50. The van der Waals surface area contributed by atoms with Crippen molar-refractivity contribution in [3.8, 4) is 0 Å². The maximum Gasteiger partial charge on any atom is 0.0693 e. The van der Waals surface area contributed by atoms with Crippen LogP contribution in [0.15, 0.2) is 12.7 Å². The Morgan fingerprint density at radius 2 is 2.00 bits per heavy atom. The van der Waals surface area contributed by atoms with E-state index in [4.69, 9.17) is 5.10 Å². The van der Waals surface area contributed by atoms with E-state index in [1.54, 1.807) is 0 Å². The summed E-state index contributed by atoms with van der Waals surface area (Å²) in [5, 5.41) is 4.82. The van der Waals surface area contributed by atoms with Gasteiger partial charge in [0, 0.05) is 11.8 Å². The summed E-state index contributed by atoms with van der Waals surface area (Å²) in [4.78, 5) is 0. The molecule has 0 saturated heterocycles. The molecule has 0 aliphatic carbocycles. The van der Waals surface area contributed by atoms with Crippen molar-refractivity contribution in [1.82, 2.24) is 9.78 Å². The molecule has 2 nitrogen and oxygen atoms in total. The summed E-state index contributed by atoms with van der Waals surface area (Å²) in [5.41, 5.74) is 3.85. The Balaban J connectivity index is 3.15. The summed E-state index contributed by atoms with van der Waals surface area (Å²) in [7, 11) is 0. The van der Waals surface area contributed by atoms with Gasteiger partial charge in [-0.2, -0.15) is 5.10 Å². The van der Waals surface area contributed by atoms with E-state index in [9.17, 15) is 0 Å². The van der Waals surface area contributed by atoms with Gasteiger partial charge in [0.15, 0.2) is 0 Å². The van der Waals surface area contributed by atoms with Crippen LogP contribution < -0.4 is 0 Å². The van der Waals surface area contributed by atoms with Crippen LogP contribution in [0.2, 0.25) is 0 Å². The minimum Gasteiger partial charge on any atom is -0.241 e. The highest BCUT2D eigenvalue weighted by atomic mass is 15.3. The lowest BCUT2D eigenvalue weighted by Gasteiger charge is -2.11. The first-order valence-electron chi connectivity index (χ1n) is 8.09. The summed E-state index contributed by atoms with van der Waals surface area (Å²) < 4.78 is 2.01. The van der Waals surface area contributed by atoms with Crippen molar-refractivity contribution in [3.05, 3.63) is 29.6 Å². The number of aromatic nitrogens is 2. The Morgan fingerprint density at radius 3 is 2.55 bits per heavy atom. The summed E-state index contributed by atoms with van der Waals surface area (Å²) in [6.07, 6.45) is 13.2. The van der Waals surface area contributed by atoms with Gasteiger partial charge in [-0.05, 0) is 37.7 Å². The Labute approximate surface area is 124 Å². The van der Waals surface area contributed by atoms with Crippen LogP contribution in [0.3, 0.4) is 0 Å². The number of aryl methyl sites for hydroxylation is 1. The van der Waals surface area contributed by atoms with Gasteiger partial charge >= 0.3 is 0 Å². The van der Waals surface area contributed by atoms with Gasteiger partial charge in [-0.3, -0.25) is 0 Å². The second-order valence-corrected chi connectivity index (χ2v) is 5.45. The molecule has 1 heterocycles. The second kappa shape index (κ2) is 8.78. The third-order valence-corrected chi connectivity index (χ3v) is 3.86. The van der Waals surface area contributed by atoms with Crippen LogP contribution in [0.4, 0.5) is 0 Å². The van der Waals surface area contributed by atoms with E-state index in [2.05, 4.69) is 46.5 Å². The van der Waals surface area contributed by atoms with Gasteiger partial charge in [0.1, 0.15) is 0 Å². The summed E-state index contributed by atoms with van der Waals surface area (Å²) in [5.74, 6) is 0.545. The zero-order valence-electron chi connectivity index (χ0n) is 13.7. The van der Waals surface area contributed by atoms with Crippen LogP contribution in [-0.4, -0.2) is 9.78 Å². The Hall–Kier alpha value is -1.31. The van der Waals surface area contributed by atoms with Crippen molar-refractivity contribution < 1.29 is 0 Å². The number of hydrogen-bond donors (Lipinski definition) is 0. The Bertz CT molecular complexity index is 441. The molecule has 0 fully saturated rings. The average molecular weight is 274 g/mol. The summed E-state index contributed by atoms with van der Waals surface area (Å²) >= 11 is 0. The van der Waals surface area contributed by atoms with Gasteiger partial charge in [-0.25, -0.2) is 4.68 Å². The molecule has 0 aliphatic rings. The molecule has 1 aromatic rings. The van der Waals surface area contributed by atoms with Crippen LogP contribution in [0.25, 0.3) is 12.3 Å². The van der Waals surface area contributed by atoms with Gasteiger partial charge in [0.2, 0.25) is 0 Å². The van der Waals surface area contributed by atoms with Crippen molar-refractivity contribution in [2.45, 2.75) is 72.1 Å². The highest BCUT2D eigenvalue weighted by Gasteiger charge is 2.18. The maximum atomic E-state index is 4.82. The molecule has 20 heavy (non-hydrogen) atoms. The summed E-state index contributed by atoms with van der Waals surface area (Å²) in [6, 6.07) is 0. The van der Waals surface area contributed by atoms with Crippen LogP contribution in [0.5, 0.6) is 0 Å². The maximum absolute atomic E-state index is 4.82. The minimum absolute atomic E-state index is 0.545. The van der Waals surface area contributed by atoms with Crippen molar-refractivity contribution >= 4 is 12.3 Å². The molecule has 0 aliphatic heterocycles. The zero-order chi connectivity index (χ0) is 15.0. The number of rotatable bonds is 9. The predicted molar refractivity (Wildman–Crippen MR) is 89.9 cm³/mol. The first-order chi connectivity index (χ1) is 9.69. The third kappa shape index (κ3) is 4.09. The molecule has 0 amide bonds. The van der Waals surface area contributed by atoms with E-state index in [0.29, 0.717) is 5.92 Å². The monoisotopic (exact) mass is 274 g/mol. The van der Waals surface area contributed by atoms with Crippen molar-refractivity contribution in [1.29, 1.82) is 0 Å². The van der Waals surface area contributed by atoms with Crippen LogP contribution in [0.1, 0.15) is 82.7 Å². The molecule has 0 aromatic carbocycles. The fourth-order valence-electron chi connectivity index (χ4n) is 2.50. The quantitative estimate of drug-likeness (QED) is 0.532. The summed E-state index contributed by atoms with van der Waals surface area (Å²) in [6.45, 7) is 12.9. The van der Waals surface area contributed by atoms with Crippen molar-refractivity contribution in [3.63, 3.8) is 0 Å². The standard InChI is InChI=1S/C18H30N2/c1-6-10-12-13-16-18(15(5)8-3)17(9-4)20(19-16)14-11-7-2/h9,11,14-15H,4,6-8,10,12-13H2,1-3,5H3/b14-11-. The largest absolute Gasteiger partial charge is 0.241 e. The van der Waals surface area contributed by atoms with E-state index >= 15 is 0 Å². The molecule has 1 rings (SSSR count). The average Bonchev–Trinajstić information content (AvgIpc) is 2.82. The second-order valence-electron chi connectivity index (χ2n) is 5.45. The molecule has 0 radical (unpaired) electrons. The number of hydrogen-bond acceptors (Lipinski definition) is 1. The van der Waals surface area contributed by atoms with E-state index in [1.807, 2.05) is 10.8 Å². The molecule has 2 heteroatoms. The van der Waals surface area contributed by atoms with Crippen molar-refractivity contribution in [2.24, 2.45) is 0 Å². The highest BCUT2D eigenvalue weighted by molar-refractivity contribution is 5.54. The van der Waals surface area contributed by atoms with Crippen LogP contribution >= 0.6 is 0 Å². The fraction of sp³-hybridized carbons (Fsp3) is 0.611. The van der Waals surface area contributed by atoms with E-state index < -0.39 is 0 Å². The molecule has 1 atom stereocenters. The molecule has 0 spiro atoms. The molecule has 0 N–H and O–H groups in total. The number of unbranched alkanes of at least 4 members (excludes halogenated alkanes) is 2. The van der Waals surface area contributed by atoms with Gasteiger partial charge in [0.25, 0.3) is 0 Å². The van der Waals surface area contributed by atoms with E-state index in [-0.39, 0.29) is 0 Å². The zero-order valence-corrected chi connectivity index (χ0v) is 13.7. The lowest BCUT2D eigenvalue weighted by Crippen LogP contribution is -1.98. The van der Waals surface area contributed by atoms with Crippen molar-refractivity contribution in [2.75, 3.05) is 0 Å².